The molecular formula is C11H24N2O. The standard InChI is InChI=1S/C11H24N2O/c1-3-4-10(2)11(9-14)13-7-5-12-6-8-13/h10-12,14H,3-9H2,1-2H3. The van der Waals surface area contributed by atoms with Gasteiger partial charge in [-0.05, 0) is 12.3 Å². The summed E-state index contributed by atoms with van der Waals surface area (Å²) < 4.78 is 0. The number of hydrogen-bond donors (Lipinski definition) is 2. The van der Waals surface area contributed by atoms with Gasteiger partial charge in [-0.2, -0.15) is 0 Å². The van der Waals surface area contributed by atoms with Crippen LogP contribution in [0.2, 0.25) is 0 Å². The minimum atomic E-state index is 0.307. The lowest BCUT2D eigenvalue weighted by atomic mass is 9.95. The van der Waals surface area contributed by atoms with Gasteiger partial charge in [0.25, 0.3) is 0 Å². The molecule has 84 valence electrons. The number of aliphatic hydroxyl groups is 1. The second-order valence-electron chi connectivity index (χ2n) is 4.30. The summed E-state index contributed by atoms with van der Waals surface area (Å²) in [4.78, 5) is 2.43. The SMILES string of the molecule is CCCC(C)C(CO)N1CCNCC1. The highest BCUT2D eigenvalue weighted by molar-refractivity contribution is 4.79. The summed E-state index contributed by atoms with van der Waals surface area (Å²) in [6.07, 6.45) is 2.43. The number of rotatable bonds is 5. The third-order valence-corrected chi connectivity index (χ3v) is 3.21. The summed E-state index contributed by atoms with van der Waals surface area (Å²) >= 11 is 0. The molecule has 2 unspecified atom stereocenters. The molecule has 1 aliphatic rings. The van der Waals surface area contributed by atoms with Gasteiger partial charge >= 0.3 is 0 Å². The van der Waals surface area contributed by atoms with Crippen molar-refractivity contribution in [2.45, 2.75) is 32.7 Å². The summed E-state index contributed by atoms with van der Waals surface area (Å²) in [5.74, 6) is 0.614. The van der Waals surface area contributed by atoms with Gasteiger partial charge in [-0.15, -0.1) is 0 Å². The van der Waals surface area contributed by atoms with Gasteiger partial charge in [0.1, 0.15) is 0 Å². The Bertz CT molecular complexity index is 146. The molecule has 2 N–H and O–H groups in total. The Balaban J connectivity index is 2.41. The maximum absolute atomic E-state index is 9.41. The van der Waals surface area contributed by atoms with Crippen LogP contribution in [0, 0.1) is 5.92 Å². The minimum absolute atomic E-state index is 0.307. The topological polar surface area (TPSA) is 35.5 Å². The summed E-state index contributed by atoms with van der Waals surface area (Å²) in [5.41, 5.74) is 0. The lowest BCUT2D eigenvalue weighted by Crippen LogP contribution is -2.51. The Kier molecular flexibility index (Phi) is 5.45. The van der Waals surface area contributed by atoms with E-state index in [0.29, 0.717) is 18.6 Å². The third-order valence-electron chi connectivity index (χ3n) is 3.21. The number of piperazine rings is 1. The molecule has 0 spiro atoms. The molecule has 0 bridgehead atoms. The summed E-state index contributed by atoms with van der Waals surface area (Å²) in [7, 11) is 0. The first-order chi connectivity index (χ1) is 6.79. The molecule has 0 saturated carbocycles. The van der Waals surface area contributed by atoms with E-state index >= 15 is 0 Å². The average molecular weight is 200 g/mol. The largest absolute Gasteiger partial charge is 0.395 e. The molecule has 0 aliphatic carbocycles. The third kappa shape index (κ3) is 3.23. The molecule has 0 aromatic heterocycles. The van der Waals surface area contributed by atoms with Crippen molar-refractivity contribution < 1.29 is 5.11 Å². The van der Waals surface area contributed by atoms with Crippen molar-refractivity contribution in [3.05, 3.63) is 0 Å². The Labute approximate surface area is 87.5 Å². The van der Waals surface area contributed by atoms with Crippen LogP contribution in [0.4, 0.5) is 0 Å². The van der Waals surface area contributed by atoms with E-state index in [2.05, 4.69) is 24.1 Å². The normalized spacial score (nSPS) is 23.4. The molecular weight excluding hydrogens is 176 g/mol. The Hall–Kier alpha value is -0.120. The molecule has 2 atom stereocenters. The van der Waals surface area contributed by atoms with E-state index in [9.17, 15) is 5.11 Å². The number of nitrogens with one attached hydrogen (secondary N) is 1. The molecule has 0 aromatic rings. The van der Waals surface area contributed by atoms with Gasteiger partial charge in [-0.3, -0.25) is 4.90 Å². The van der Waals surface area contributed by atoms with Crippen LogP contribution in [0.15, 0.2) is 0 Å². The first-order valence-corrected chi connectivity index (χ1v) is 5.85. The second kappa shape index (κ2) is 6.38. The molecule has 1 saturated heterocycles. The zero-order valence-electron chi connectivity index (χ0n) is 9.50. The van der Waals surface area contributed by atoms with Gasteiger partial charge in [-0.25, -0.2) is 0 Å². The lowest BCUT2D eigenvalue weighted by molar-refractivity contribution is 0.0723. The van der Waals surface area contributed by atoms with Crippen LogP contribution in [-0.2, 0) is 0 Å². The van der Waals surface area contributed by atoms with Crippen LogP contribution < -0.4 is 5.32 Å². The molecule has 0 radical (unpaired) electrons. The van der Waals surface area contributed by atoms with Crippen LogP contribution in [-0.4, -0.2) is 48.8 Å². The van der Waals surface area contributed by atoms with Crippen LogP contribution in [0.25, 0.3) is 0 Å². The summed E-state index contributed by atoms with van der Waals surface area (Å²) in [6, 6.07) is 0.372. The van der Waals surface area contributed by atoms with Crippen molar-refractivity contribution in [1.82, 2.24) is 10.2 Å². The highest BCUT2D eigenvalue weighted by Gasteiger charge is 2.24. The predicted octanol–water partition coefficient (Wildman–Crippen LogP) is 0.689. The van der Waals surface area contributed by atoms with Crippen LogP contribution in [0.5, 0.6) is 0 Å². The zero-order chi connectivity index (χ0) is 10.4. The highest BCUT2D eigenvalue weighted by atomic mass is 16.3. The molecule has 1 fully saturated rings. The molecule has 3 nitrogen and oxygen atoms in total. The van der Waals surface area contributed by atoms with E-state index in [0.717, 1.165) is 26.2 Å². The fourth-order valence-corrected chi connectivity index (χ4v) is 2.32. The van der Waals surface area contributed by atoms with Crippen LogP contribution in [0.3, 0.4) is 0 Å². The Morgan fingerprint density at radius 2 is 2.00 bits per heavy atom. The van der Waals surface area contributed by atoms with Gasteiger partial charge in [0, 0.05) is 32.2 Å². The molecule has 0 aromatic carbocycles. The number of aliphatic hydroxyl groups excluding tert-OH is 1. The lowest BCUT2D eigenvalue weighted by Gasteiger charge is -2.37. The predicted molar refractivity (Wildman–Crippen MR) is 59.4 cm³/mol. The quantitative estimate of drug-likeness (QED) is 0.685. The zero-order valence-corrected chi connectivity index (χ0v) is 9.50. The molecule has 3 heteroatoms. The van der Waals surface area contributed by atoms with E-state index in [1.54, 1.807) is 0 Å². The fourth-order valence-electron chi connectivity index (χ4n) is 2.32. The second-order valence-corrected chi connectivity index (χ2v) is 4.30. The van der Waals surface area contributed by atoms with E-state index in [-0.39, 0.29) is 0 Å². The molecule has 14 heavy (non-hydrogen) atoms. The van der Waals surface area contributed by atoms with Crippen molar-refractivity contribution in [2.75, 3.05) is 32.8 Å². The molecule has 0 amide bonds. The molecule has 1 aliphatic heterocycles. The first kappa shape index (κ1) is 12.0. The van der Waals surface area contributed by atoms with Gasteiger partial charge in [0.05, 0.1) is 6.61 Å². The van der Waals surface area contributed by atoms with Gasteiger partial charge in [-0.1, -0.05) is 20.3 Å². The van der Waals surface area contributed by atoms with Crippen molar-refractivity contribution in [1.29, 1.82) is 0 Å². The minimum Gasteiger partial charge on any atom is -0.395 e. The highest BCUT2D eigenvalue weighted by Crippen LogP contribution is 2.16. The van der Waals surface area contributed by atoms with Gasteiger partial charge in [0.2, 0.25) is 0 Å². The maximum Gasteiger partial charge on any atom is 0.0589 e. The Morgan fingerprint density at radius 3 is 2.50 bits per heavy atom. The number of nitrogens with zero attached hydrogens (tertiary/aromatic N) is 1. The van der Waals surface area contributed by atoms with Crippen LogP contribution >= 0.6 is 0 Å². The first-order valence-electron chi connectivity index (χ1n) is 5.85. The fraction of sp³-hybridized carbons (Fsp3) is 1.00. The van der Waals surface area contributed by atoms with Gasteiger partial charge in [0.15, 0.2) is 0 Å². The van der Waals surface area contributed by atoms with E-state index in [4.69, 9.17) is 0 Å². The van der Waals surface area contributed by atoms with Gasteiger partial charge < -0.3 is 10.4 Å². The van der Waals surface area contributed by atoms with Crippen molar-refractivity contribution in [2.24, 2.45) is 5.92 Å². The Morgan fingerprint density at radius 1 is 1.36 bits per heavy atom. The van der Waals surface area contributed by atoms with E-state index < -0.39 is 0 Å². The van der Waals surface area contributed by atoms with E-state index in [1.807, 2.05) is 0 Å². The molecule has 1 heterocycles. The maximum atomic E-state index is 9.41. The number of hydrogen-bond acceptors (Lipinski definition) is 3. The average Bonchev–Trinajstić information content (AvgIpc) is 2.21. The monoisotopic (exact) mass is 200 g/mol. The smallest absolute Gasteiger partial charge is 0.0589 e. The van der Waals surface area contributed by atoms with Crippen molar-refractivity contribution in [3.8, 4) is 0 Å². The van der Waals surface area contributed by atoms with Crippen molar-refractivity contribution >= 4 is 0 Å². The van der Waals surface area contributed by atoms with Crippen molar-refractivity contribution in [3.63, 3.8) is 0 Å². The summed E-state index contributed by atoms with van der Waals surface area (Å²) in [5, 5.41) is 12.8. The summed E-state index contributed by atoms with van der Waals surface area (Å²) in [6.45, 7) is 9.07. The molecule has 1 rings (SSSR count). The van der Waals surface area contributed by atoms with E-state index in [1.165, 1.54) is 12.8 Å². The van der Waals surface area contributed by atoms with Crippen LogP contribution in [0.1, 0.15) is 26.7 Å².